The van der Waals surface area contributed by atoms with Gasteiger partial charge in [-0.25, -0.2) is 0 Å². The maximum absolute atomic E-state index is 10.0. The van der Waals surface area contributed by atoms with E-state index in [2.05, 4.69) is 32.9 Å². The monoisotopic (exact) mass is 293 g/mol. The molecular weight excluding hydrogens is 256 g/mol. The van der Waals surface area contributed by atoms with E-state index >= 15 is 0 Å². The Balaban J connectivity index is 3.28. The van der Waals surface area contributed by atoms with Crippen LogP contribution in [0.2, 0.25) is 0 Å². The molecule has 0 saturated heterocycles. The summed E-state index contributed by atoms with van der Waals surface area (Å²) in [4.78, 5) is 10.0. The fourth-order valence-corrected chi connectivity index (χ4v) is 2.60. The summed E-state index contributed by atoms with van der Waals surface area (Å²) in [5.74, 6) is 1.70. The van der Waals surface area contributed by atoms with Crippen molar-refractivity contribution in [3.63, 3.8) is 0 Å². The van der Waals surface area contributed by atoms with E-state index in [9.17, 15) is 4.79 Å². The highest BCUT2D eigenvalue weighted by molar-refractivity contribution is 5.50. The molecule has 0 aromatic carbocycles. The summed E-state index contributed by atoms with van der Waals surface area (Å²) in [7, 11) is 0. The van der Waals surface area contributed by atoms with E-state index in [4.69, 9.17) is 0 Å². The SMILES string of the molecule is CC(C)CCCCC(C)C/C=C\CCCCCCC[C]=O. The second-order valence-electron chi connectivity index (χ2n) is 6.94. The van der Waals surface area contributed by atoms with Crippen LogP contribution in [0.1, 0.15) is 97.8 Å². The second-order valence-corrected chi connectivity index (χ2v) is 6.94. The van der Waals surface area contributed by atoms with Crippen molar-refractivity contribution in [3.8, 4) is 0 Å². The van der Waals surface area contributed by atoms with Crippen molar-refractivity contribution in [1.29, 1.82) is 0 Å². The molecule has 1 radical (unpaired) electrons. The molecule has 0 fully saturated rings. The lowest BCUT2D eigenvalue weighted by atomic mass is 9.97. The third-order valence-electron chi connectivity index (χ3n) is 4.08. The van der Waals surface area contributed by atoms with Crippen LogP contribution in [0.25, 0.3) is 0 Å². The lowest BCUT2D eigenvalue weighted by Crippen LogP contribution is -1.94. The molecule has 0 aliphatic heterocycles. The summed E-state index contributed by atoms with van der Waals surface area (Å²) in [5, 5.41) is 0. The first-order valence-electron chi connectivity index (χ1n) is 9.16. The fourth-order valence-electron chi connectivity index (χ4n) is 2.60. The standard InChI is InChI=1S/C20H37O/c1-19(2)15-12-13-17-20(3)16-11-9-7-5-4-6-8-10-14-18-21/h9,11,19-20H,4-8,10,12-17H2,1-3H3/b11-9-. The molecule has 0 rings (SSSR count). The Bertz CT molecular complexity index is 242. The lowest BCUT2D eigenvalue weighted by molar-refractivity contribution is 0.465. The van der Waals surface area contributed by atoms with Gasteiger partial charge in [0, 0.05) is 6.42 Å². The zero-order valence-corrected chi connectivity index (χ0v) is 14.7. The summed E-state index contributed by atoms with van der Waals surface area (Å²) in [5.41, 5.74) is 0. The summed E-state index contributed by atoms with van der Waals surface area (Å²) in [6.45, 7) is 7.00. The van der Waals surface area contributed by atoms with E-state index in [0.29, 0.717) is 6.42 Å². The Kier molecular flexibility index (Phi) is 15.3. The Morgan fingerprint density at radius 2 is 1.48 bits per heavy atom. The van der Waals surface area contributed by atoms with E-state index in [1.54, 1.807) is 0 Å². The quantitative estimate of drug-likeness (QED) is 0.245. The van der Waals surface area contributed by atoms with E-state index in [1.165, 1.54) is 64.2 Å². The molecule has 1 heteroatoms. The van der Waals surface area contributed by atoms with Gasteiger partial charge < -0.3 is 0 Å². The van der Waals surface area contributed by atoms with Crippen molar-refractivity contribution in [2.45, 2.75) is 97.8 Å². The van der Waals surface area contributed by atoms with Gasteiger partial charge in [-0.1, -0.05) is 77.9 Å². The minimum atomic E-state index is 0.620. The van der Waals surface area contributed by atoms with Gasteiger partial charge in [-0.2, -0.15) is 0 Å². The number of allylic oxidation sites excluding steroid dienone is 2. The second kappa shape index (κ2) is 15.8. The summed E-state index contributed by atoms with van der Waals surface area (Å²) >= 11 is 0. The lowest BCUT2D eigenvalue weighted by Gasteiger charge is -2.09. The molecule has 0 saturated carbocycles. The maximum atomic E-state index is 10.0. The number of unbranched alkanes of at least 4 members (excludes halogenated alkanes) is 7. The highest BCUT2D eigenvalue weighted by Crippen LogP contribution is 2.16. The molecule has 0 bridgehead atoms. The molecule has 0 N–H and O–H groups in total. The average molecular weight is 294 g/mol. The van der Waals surface area contributed by atoms with Crippen molar-refractivity contribution >= 4 is 6.29 Å². The number of rotatable bonds is 15. The Labute approximate surface area is 133 Å². The zero-order chi connectivity index (χ0) is 15.8. The molecule has 0 spiro atoms. The first kappa shape index (κ1) is 20.4. The third-order valence-corrected chi connectivity index (χ3v) is 4.08. The zero-order valence-electron chi connectivity index (χ0n) is 14.7. The van der Waals surface area contributed by atoms with Crippen LogP contribution in [0.3, 0.4) is 0 Å². The third kappa shape index (κ3) is 17.4. The van der Waals surface area contributed by atoms with Crippen LogP contribution in [0, 0.1) is 11.8 Å². The highest BCUT2D eigenvalue weighted by atomic mass is 16.1. The summed E-state index contributed by atoms with van der Waals surface area (Å²) < 4.78 is 0. The van der Waals surface area contributed by atoms with Gasteiger partial charge in [-0.05, 0) is 37.5 Å². The van der Waals surface area contributed by atoms with Gasteiger partial charge in [-0.3, -0.25) is 4.79 Å². The topological polar surface area (TPSA) is 17.1 Å². The van der Waals surface area contributed by atoms with Crippen molar-refractivity contribution < 1.29 is 4.79 Å². The first-order chi connectivity index (χ1) is 10.2. The molecule has 0 heterocycles. The number of hydrogen-bond donors (Lipinski definition) is 0. The fraction of sp³-hybridized carbons (Fsp3) is 0.850. The van der Waals surface area contributed by atoms with Gasteiger partial charge in [0.05, 0.1) is 0 Å². The van der Waals surface area contributed by atoms with E-state index in [-0.39, 0.29) is 0 Å². The molecular formula is C20H37O. The van der Waals surface area contributed by atoms with Crippen LogP contribution in [0.15, 0.2) is 12.2 Å². The van der Waals surface area contributed by atoms with E-state index < -0.39 is 0 Å². The molecule has 0 amide bonds. The number of hydrogen-bond acceptors (Lipinski definition) is 1. The predicted octanol–water partition coefficient (Wildman–Crippen LogP) is 6.63. The van der Waals surface area contributed by atoms with Gasteiger partial charge in [-0.15, -0.1) is 0 Å². The van der Waals surface area contributed by atoms with Gasteiger partial charge in [0.25, 0.3) is 0 Å². The van der Waals surface area contributed by atoms with Gasteiger partial charge in [0.1, 0.15) is 0 Å². The first-order valence-corrected chi connectivity index (χ1v) is 9.16. The van der Waals surface area contributed by atoms with Crippen molar-refractivity contribution in [2.24, 2.45) is 11.8 Å². The van der Waals surface area contributed by atoms with Crippen molar-refractivity contribution in [3.05, 3.63) is 12.2 Å². The molecule has 1 unspecified atom stereocenters. The normalized spacial score (nSPS) is 13.1. The molecule has 0 aliphatic rings. The van der Waals surface area contributed by atoms with Gasteiger partial charge in [0.15, 0.2) is 6.29 Å². The minimum Gasteiger partial charge on any atom is -0.291 e. The van der Waals surface area contributed by atoms with Crippen molar-refractivity contribution in [2.75, 3.05) is 0 Å². The van der Waals surface area contributed by atoms with Crippen LogP contribution < -0.4 is 0 Å². The smallest absolute Gasteiger partial charge is 0.198 e. The molecule has 0 aromatic rings. The largest absolute Gasteiger partial charge is 0.291 e. The molecule has 1 atom stereocenters. The minimum absolute atomic E-state index is 0.620. The van der Waals surface area contributed by atoms with Crippen LogP contribution in [-0.2, 0) is 4.79 Å². The maximum Gasteiger partial charge on any atom is 0.198 e. The predicted molar refractivity (Wildman–Crippen MR) is 94.2 cm³/mol. The summed E-state index contributed by atoms with van der Waals surface area (Å²) in [6, 6.07) is 0. The van der Waals surface area contributed by atoms with E-state index in [1.807, 2.05) is 6.29 Å². The van der Waals surface area contributed by atoms with E-state index in [0.717, 1.165) is 18.3 Å². The molecule has 1 nitrogen and oxygen atoms in total. The molecule has 21 heavy (non-hydrogen) atoms. The number of carbonyl (C=O) groups excluding carboxylic acids is 1. The average Bonchev–Trinajstić information content (AvgIpc) is 2.45. The summed E-state index contributed by atoms with van der Waals surface area (Å²) in [6.07, 6.45) is 21.4. The Hall–Kier alpha value is -0.590. The van der Waals surface area contributed by atoms with Crippen LogP contribution in [0.5, 0.6) is 0 Å². The van der Waals surface area contributed by atoms with Crippen molar-refractivity contribution in [1.82, 2.24) is 0 Å². The van der Waals surface area contributed by atoms with Crippen LogP contribution in [0.4, 0.5) is 0 Å². The molecule has 123 valence electrons. The molecule has 0 aromatic heterocycles. The highest BCUT2D eigenvalue weighted by Gasteiger charge is 2.00. The van der Waals surface area contributed by atoms with Crippen LogP contribution >= 0.6 is 0 Å². The van der Waals surface area contributed by atoms with Gasteiger partial charge >= 0.3 is 0 Å². The molecule has 0 aliphatic carbocycles. The van der Waals surface area contributed by atoms with Crippen LogP contribution in [-0.4, -0.2) is 6.29 Å². The Morgan fingerprint density at radius 3 is 2.19 bits per heavy atom. The Morgan fingerprint density at radius 1 is 0.810 bits per heavy atom. The van der Waals surface area contributed by atoms with Gasteiger partial charge in [0.2, 0.25) is 0 Å².